The van der Waals surface area contributed by atoms with Gasteiger partial charge in [0.05, 0.1) is 5.92 Å². The third kappa shape index (κ3) is 5.54. The van der Waals surface area contributed by atoms with E-state index in [-0.39, 0.29) is 17.9 Å². The molecule has 3 amide bonds. The molecule has 1 saturated heterocycles. The van der Waals surface area contributed by atoms with Crippen molar-refractivity contribution in [3.8, 4) is 0 Å². The number of benzene rings is 1. The minimum Gasteiger partial charge on any atom is -0.355 e. The summed E-state index contributed by atoms with van der Waals surface area (Å²) in [6.45, 7) is 3.67. The molecule has 1 aliphatic rings. The van der Waals surface area contributed by atoms with Gasteiger partial charge in [0.2, 0.25) is 5.91 Å². The van der Waals surface area contributed by atoms with Crippen molar-refractivity contribution >= 4 is 17.6 Å². The van der Waals surface area contributed by atoms with E-state index in [1.807, 2.05) is 49.4 Å². The summed E-state index contributed by atoms with van der Waals surface area (Å²) < 4.78 is 0. The number of urea groups is 1. The Bertz CT molecular complexity index is 779. The highest BCUT2D eigenvalue weighted by Gasteiger charge is 2.28. The third-order valence-electron chi connectivity index (χ3n) is 4.76. The smallest absolute Gasteiger partial charge is 0.321 e. The normalized spacial score (nSPS) is 16.6. The number of hydrogen-bond acceptors (Lipinski definition) is 3. The number of likely N-dealkylation sites (tertiary alicyclic amines) is 1. The van der Waals surface area contributed by atoms with Crippen LogP contribution < -0.4 is 10.6 Å². The molecule has 1 atom stereocenters. The van der Waals surface area contributed by atoms with E-state index in [2.05, 4.69) is 15.6 Å². The lowest BCUT2D eigenvalue weighted by Gasteiger charge is -2.32. The Kier molecular flexibility index (Phi) is 6.41. The molecule has 1 fully saturated rings. The number of aromatic nitrogens is 1. The van der Waals surface area contributed by atoms with Crippen LogP contribution in [0.3, 0.4) is 0 Å². The Labute approximate surface area is 160 Å². The van der Waals surface area contributed by atoms with Gasteiger partial charge in [-0.3, -0.25) is 9.78 Å². The molecule has 2 N–H and O–H groups in total. The zero-order valence-electron chi connectivity index (χ0n) is 15.6. The van der Waals surface area contributed by atoms with Crippen LogP contribution in [-0.2, 0) is 11.2 Å². The first-order chi connectivity index (χ1) is 13.1. The lowest BCUT2D eigenvalue weighted by atomic mass is 9.97. The van der Waals surface area contributed by atoms with E-state index in [9.17, 15) is 9.59 Å². The Hall–Kier alpha value is -2.89. The van der Waals surface area contributed by atoms with Crippen LogP contribution in [0.1, 0.15) is 24.1 Å². The van der Waals surface area contributed by atoms with E-state index in [1.165, 1.54) is 0 Å². The molecule has 1 unspecified atom stereocenters. The van der Waals surface area contributed by atoms with Crippen LogP contribution in [0.4, 0.5) is 10.5 Å². The molecule has 1 aromatic carbocycles. The van der Waals surface area contributed by atoms with Gasteiger partial charge in [-0.1, -0.05) is 18.2 Å². The molecule has 0 spiro atoms. The fraction of sp³-hybridized carbons (Fsp3) is 0.381. The highest BCUT2D eigenvalue weighted by Crippen LogP contribution is 2.18. The van der Waals surface area contributed by atoms with Crippen LogP contribution in [0.25, 0.3) is 0 Å². The fourth-order valence-corrected chi connectivity index (χ4v) is 3.31. The maximum absolute atomic E-state index is 12.5. The first-order valence-corrected chi connectivity index (χ1v) is 9.42. The molecule has 1 aliphatic heterocycles. The molecule has 0 aliphatic carbocycles. The second kappa shape index (κ2) is 9.16. The summed E-state index contributed by atoms with van der Waals surface area (Å²) in [6.07, 6.45) is 4.10. The molecule has 0 radical (unpaired) electrons. The van der Waals surface area contributed by atoms with Crippen LogP contribution in [0, 0.1) is 12.8 Å². The number of nitrogens with one attached hydrogen (secondary N) is 2. The second-order valence-electron chi connectivity index (χ2n) is 6.95. The number of rotatable bonds is 5. The first-order valence-electron chi connectivity index (χ1n) is 9.42. The summed E-state index contributed by atoms with van der Waals surface area (Å²) in [5, 5.41) is 5.90. The maximum Gasteiger partial charge on any atom is 0.321 e. The Morgan fingerprint density at radius 3 is 2.89 bits per heavy atom. The molecule has 3 rings (SSSR count). The van der Waals surface area contributed by atoms with Crippen molar-refractivity contribution in [2.45, 2.75) is 26.2 Å². The Morgan fingerprint density at radius 1 is 1.22 bits per heavy atom. The van der Waals surface area contributed by atoms with E-state index < -0.39 is 0 Å². The van der Waals surface area contributed by atoms with Gasteiger partial charge in [0.15, 0.2) is 0 Å². The average molecular weight is 366 g/mol. The van der Waals surface area contributed by atoms with E-state index in [4.69, 9.17) is 0 Å². The third-order valence-corrected chi connectivity index (χ3v) is 4.76. The van der Waals surface area contributed by atoms with Gasteiger partial charge in [0.25, 0.3) is 0 Å². The molecule has 1 aromatic heterocycles. The summed E-state index contributed by atoms with van der Waals surface area (Å²) in [7, 11) is 0. The zero-order chi connectivity index (χ0) is 19.1. The van der Waals surface area contributed by atoms with Crippen molar-refractivity contribution in [2.24, 2.45) is 5.92 Å². The Balaban J connectivity index is 1.47. The minimum absolute atomic E-state index is 0.0130. The Morgan fingerprint density at radius 2 is 2.11 bits per heavy atom. The van der Waals surface area contributed by atoms with E-state index >= 15 is 0 Å². The predicted octanol–water partition coefficient (Wildman–Crippen LogP) is 2.99. The molecular weight excluding hydrogens is 340 g/mol. The van der Waals surface area contributed by atoms with Crippen LogP contribution in [0.5, 0.6) is 0 Å². The number of piperidine rings is 1. The van der Waals surface area contributed by atoms with Crippen molar-refractivity contribution in [2.75, 3.05) is 25.0 Å². The average Bonchev–Trinajstić information content (AvgIpc) is 2.69. The SMILES string of the molecule is Cc1cccc(NC(=O)N2CCCC(C(=O)NCCc3ccccn3)C2)c1. The minimum atomic E-state index is -0.161. The van der Waals surface area contributed by atoms with Crippen molar-refractivity contribution in [3.05, 3.63) is 59.9 Å². The zero-order valence-corrected chi connectivity index (χ0v) is 15.6. The molecule has 27 heavy (non-hydrogen) atoms. The monoisotopic (exact) mass is 366 g/mol. The van der Waals surface area contributed by atoms with E-state index in [1.54, 1.807) is 11.1 Å². The van der Waals surface area contributed by atoms with Gasteiger partial charge in [0, 0.05) is 43.6 Å². The number of carbonyl (C=O) groups is 2. The fourth-order valence-electron chi connectivity index (χ4n) is 3.31. The highest BCUT2D eigenvalue weighted by molar-refractivity contribution is 5.90. The second-order valence-corrected chi connectivity index (χ2v) is 6.95. The van der Waals surface area contributed by atoms with E-state index in [0.717, 1.165) is 29.8 Å². The van der Waals surface area contributed by atoms with Crippen LogP contribution >= 0.6 is 0 Å². The standard InChI is InChI=1S/C21H26N4O2/c1-16-6-4-9-19(14-16)24-21(27)25-13-5-7-17(15-25)20(26)23-12-10-18-8-2-3-11-22-18/h2-4,6,8-9,11,14,17H,5,7,10,12-13,15H2,1H3,(H,23,26)(H,24,27). The van der Waals surface area contributed by atoms with Gasteiger partial charge >= 0.3 is 6.03 Å². The van der Waals surface area contributed by atoms with Crippen molar-refractivity contribution in [1.29, 1.82) is 0 Å². The first kappa shape index (κ1) is 18.9. The van der Waals surface area contributed by atoms with Crippen LogP contribution in [0.2, 0.25) is 0 Å². The van der Waals surface area contributed by atoms with Gasteiger partial charge in [-0.15, -0.1) is 0 Å². The van der Waals surface area contributed by atoms with Crippen molar-refractivity contribution in [1.82, 2.24) is 15.2 Å². The molecule has 0 bridgehead atoms. The number of pyridine rings is 1. The quantitative estimate of drug-likeness (QED) is 0.854. The van der Waals surface area contributed by atoms with Gasteiger partial charge in [-0.25, -0.2) is 4.79 Å². The molecule has 6 nitrogen and oxygen atoms in total. The van der Waals surface area contributed by atoms with Crippen molar-refractivity contribution in [3.63, 3.8) is 0 Å². The summed E-state index contributed by atoms with van der Waals surface area (Å²) in [6, 6.07) is 13.3. The van der Waals surface area contributed by atoms with Crippen LogP contribution in [-0.4, -0.2) is 41.5 Å². The van der Waals surface area contributed by atoms with Crippen LogP contribution in [0.15, 0.2) is 48.7 Å². The lowest BCUT2D eigenvalue weighted by Crippen LogP contribution is -2.47. The molecule has 6 heteroatoms. The lowest BCUT2D eigenvalue weighted by molar-refractivity contribution is -0.126. The molecule has 2 aromatic rings. The number of nitrogens with zero attached hydrogens (tertiary/aromatic N) is 2. The maximum atomic E-state index is 12.5. The highest BCUT2D eigenvalue weighted by atomic mass is 16.2. The molecule has 2 heterocycles. The van der Waals surface area contributed by atoms with Gasteiger partial charge in [-0.05, 0) is 49.6 Å². The molecular formula is C21H26N4O2. The topological polar surface area (TPSA) is 74.3 Å². The number of carbonyl (C=O) groups excluding carboxylic acids is 2. The van der Waals surface area contributed by atoms with Crippen molar-refractivity contribution < 1.29 is 9.59 Å². The summed E-state index contributed by atoms with van der Waals surface area (Å²) in [4.78, 5) is 31.0. The van der Waals surface area contributed by atoms with E-state index in [0.29, 0.717) is 26.1 Å². The van der Waals surface area contributed by atoms with Gasteiger partial charge < -0.3 is 15.5 Å². The number of hydrogen-bond donors (Lipinski definition) is 2. The largest absolute Gasteiger partial charge is 0.355 e. The molecule has 142 valence electrons. The number of aryl methyl sites for hydroxylation is 1. The number of anilines is 1. The summed E-state index contributed by atoms with van der Waals surface area (Å²) in [5.74, 6) is -0.148. The predicted molar refractivity (Wildman–Crippen MR) is 105 cm³/mol. The van der Waals surface area contributed by atoms with Gasteiger partial charge in [-0.2, -0.15) is 0 Å². The van der Waals surface area contributed by atoms with Gasteiger partial charge in [0.1, 0.15) is 0 Å². The molecule has 0 saturated carbocycles. The summed E-state index contributed by atoms with van der Waals surface area (Å²) in [5.41, 5.74) is 2.83. The number of amides is 3. The summed E-state index contributed by atoms with van der Waals surface area (Å²) >= 11 is 0.